The van der Waals surface area contributed by atoms with E-state index >= 15 is 0 Å². The van der Waals surface area contributed by atoms with E-state index in [0.717, 1.165) is 0 Å². The average molecular weight is 187 g/mol. The van der Waals surface area contributed by atoms with Crippen LogP contribution in [0.5, 0.6) is 0 Å². The molecular weight excluding hydrogens is 170 g/mol. The first-order chi connectivity index (χ1) is 5.99. The van der Waals surface area contributed by atoms with Crippen LogP contribution < -0.4 is 10.6 Å². The van der Waals surface area contributed by atoms with E-state index in [1.54, 1.807) is 28.1 Å². The van der Waals surface area contributed by atoms with E-state index in [-0.39, 0.29) is 18.4 Å². The SMILES string of the molecule is CNCC(=O)NC(C)C(=O)N(C)C. The maximum absolute atomic E-state index is 11.3. The van der Waals surface area contributed by atoms with Gasteiger partial charge < -0.3 is 15.5 Å². The summed E-state index contributed by atoms with van der Waals surface area (Å²) in [6.07, 6.45) is 0. The van der Waals surface area contributed by atoms with Crippen LogP contribution in [0, 0.1) is 0 Å². The lowest BCUT2D eigenvalue weighted by Crippen LogP contribution is -2.46. The summed E-state index contributed by atoms with van der Waals surface area (Å²) < 4.78 is 0. The number of rotatable bonds is 4. The first kappa shape index (κ1) is 11.9. The fourth-order valence-electron chi connectivity index (χ4n) is 0.902. The van der Waals surface area contributed by atoms with Gasteiger partial charge >= 0.3 is 0 Å². The van der Waals surface area contributed by atoms with Crippen molar-refractivity contribution in [1.82, 2.24) is 15.5 Å². The molecule has 1 atom stereocenters. The highest BCUT2D eigenvalue weighted by Gasteiger charge is 2.16. The van der Waals surface area contributed by atoms with Gasteiger partial charge in [-0.1, -0.05) is 0 Å². The van der Waals surface area contributed by atoms with Gasteiger partial charge in [-0.2, -0.15) is 0 Å². The lowest BCUT2D eigenvalue weighted by molar-refractivity contribution is -0.133. The summed E-state index contributed by atoms with van der Waals surface area (Å²) in [6, 6.07) is -0.462. The molecule has 5 heteroatoms. The van der Waals surface area contributed by atoms with Crippen molar-refractivity contribution in [2.24, 2.45) is 0 Å². The standard InChI is InChI=1S/C8H17N3O2/c1-6(8(13)11(3)4)10-7(12)5-9-2/h6,9H,5H2,1-4H3,(H,10,12). The topological polar surface area (TPSA) is 61.4 Å². The average Bonchev–Trinajstić information content (AvgIpc) is 2.03. The van der Waals surface area contributed by atoms with E-state index in [1.165, 1.54) is 4.90 Å². The van der Waals surface area contributed by atoms with E-state index < -0.39 is 6.04 Å². The maximum Gasteiger partial charge on any atom is 0.244 e. The van der Waals surface area contributed by atoms with Gasteiger partial charge in [-0.25, -0.2) is 0 Å². The van der Waals surface area contributed by atoms with Crippen molar-refractivity contribution >= 4 is 11.8 Å². The van der Waals surface area contributed by atoms with Crippen molar-refractivity contribution in [1.29, 1.82) is 0 Å². The van der Waals surface area contributed by atoms with Crippen molar-refractivity contribution in [2.75, 3.05) is 27.7 Å². The van der Waals surface area contributed by atoms with Crippen LogP contribution in [0.25, 0.3) is 0 Å². The molecule has 2 amide bonds. The molecule has 2 N–H and O–H groups in total. The first-order valence-electron chi connectivity index (χ1n) is 4.14. The Labute approximate surface area is 78.5 Å². The Balaban J connectivity index is 3.92. The molecule has 13 heavy (non-hydrogen) atoms. The Morgan fingerprint density at radius 2 is 1.92 bits per heavy atom. The van der Waals surface area contributed by atoms with Gasteiger partial charge in [0.05, 0.1) is 6.54 Å². The smallest absolute Gasteiger partial charge is 0.244 e. The van der Waals surface area contributed by atoms with E-state index in [9.17, 15) is 9.59 Å². The molecule has 0 bridgehead atoms. The largest absolute Gasteiger partial charge is 0.347 e. The highest BCUT2D eigenvalue weighted by molar-refractivity contribution is 5.87. The molecule has 0 spiro atoms. The summed E-state index contributed by atoms with van der Waals surface area (Å²) in [4.78, 5) is 23.8. The first-order valence-corrected chi connectivity index (χ1v) is 4.14. The van der Waals surface area contributed by atoms with Crippen molar-refractivity contribution in [3.63, 3.8) is 0 Å². The van der Waals surface area contributed by atoms with E-state index in [1.807, 2.05) is 0 Å². The molecule has 0 radical (unpaired) electrons. The number of amides is 2. The summed E-state index contributed by atoms with van der Waals surface area (Å²) in [6.45, 7) is 1.89. The molecule has 0 fully saturated rings. The summed E-state index contributed by atoms with van der Waals surface area (Å²) in [5.41, 5.74) is 0. The monoisotopic (exact) mass is 187 g/mol. The number of nitrogens with zero attached hydrogens (tertiary/aromatic N) is 1. The minimum absolute atomic E-state index is 0.107. The molecule has 1 unspecified atom stereocenters. The Morgan fingerprint density at radius 1 is 1.38 bits per heavy atom. The quantitative estimate of drug-likeness (QED) is 0.581. The minimum Gasteiger partial charge on any atom is -0.347 e. The molecule has 0 heterocycles. The minimum atomic E-state index is -0.462. The van der Waals surface area contributed by atoms with Gasteiger partial charge in [0, 0.05) is 14.1 Å². The van der Waals surface area contributed by atoms with Gasteiger partial charge in [0.2, 0.25) is 11.8 Å². The fraction of sp³-hybridized carbons (Fsp3) is 0.750. The Morgan fingerprint density at radius 3 is 2.31 bits per heavy atom. The molecule has 0 aliphatic rings. The number of carbonyl (C=O) groups excluding carboxylic acids is 2. The zero-order valence-electron chi connectivity index (χ0n) is 8.55. The Bertz CT molecular complexity index is 192. The Hall–Kier alpha value is -1.10. The molecule has 0 aromatic carbocycles. The molecule has 0 saturated carbocycles. The second-order valence-electron chi connectivity index (χ2n) is 3.05. The van der Waals surface area contributed by atoms with E-state index in [4.69, 9.17) is 0 Å². The maximum atomic E-state index is 11.3. The zero-order chi connectivity index (χ0) is 10.4. The third-order valence-corrected chi connectivity index (χ3v) is 1.53. The van der Waals surface area contributed by atoms with Gasteiger partial charge in [0.25, 0.3) is 0 Å². The van der Waals surface area contributed by atoms with Crippen LogP contribution in [0.1, 0.15) is 6.92 Å². The number of nitrogens with one attached hydrogen (secondary N) is 2. The van der Waals surface area contributed by atoms with Crippen LogP contribution in [-0.2, 0) is 9.59 Å². The van der Waals surface area contributed by atoms with Crippen LogP contribution in [-0.4, -0.2) is 50.4 Å². The summed E-state index contributed by atoms with van der Waals surface area (Å²) in [7, 11) is 4.99. The number of hydrogen-bond donors (Lipinski definition) is 2. The van der Waals surface area contributed by atoms with Crippen molar-refractivity contribution in [2.45, 2.75) is 13.0 Å². The summed E-state index contributed by atoms with van der Waals surface area (Å²) in [5.74, 6) is -0.283. The molecule has 0 aromatic heterocycles. The predicted molar refractivity (Wildman–Crippen MR) is 50.2 cm³/mol. The van der Waals surface area contributed by atoms with Crippen LogP contribution in [0.2, 0.25) is 0 Å². The van der Waals surface area contributed by atoms with E-state index in [2.05, 4.69) is 10.6 Å². The van der Waals surface area contributed by atoms with Crippen LogP contribution in [0.3, 0.4) is 0 Å². The second kappa shape index (κ2) is 5.53. The molecule has 0 aromatic rings. The molecule has 76 valence electrons. The van der Waals surface area contributed by atoms with Crippen LogP contribution >= 0.6 is 0 Å². The van der Waals surface area contributed by atoms with Gasteiger partial charge in [0.15, 0.2) is 0 Å². The molecule has 0 aliphatic carbocycles. The Kier molecular flexibility index (Phi) is 5.06. The lowest BCUT2D eigenvalue weighted by Gasteiger charge is -2.17. The summed E-state index contributed by atoms with van der Waals surface area (Å²) in [5, 5.41) is 5.27. The van der Waals surface area contributed by atoms with Crippen molar-refractivity contribution in [3.8, 4) is 0 Å². The van der Waals surface area contributed by atoms with Crippen LogP contribution in [0.15, 0.2) is 0 Å². The highest BCUT2D eigenvalue weighted by Crippen LogP contribution is 1.87. The van der Waals surface area contributed by atoms with Crippen molar-refractivity contribution < 1.29 is 9.59 Å². The zero-order valence-corrected chi connectivity index (χ0v) is 8.55. The predicted octanol–water partition coefficient (Wildman–Crippen LogP) is -1.20. The molecular formula is C8H17N3O2. The normalized spacial score (nSPS) is 12.0. The molecule has 0 aliphatic heterocycles. The fourth-order valence-corrected chi connectivity index (χ4v) is 0.902. The van der Waals surface area contributed by atoms with Gasteiger partial charge in [-0.15, -0.1) is 0 Å². The van der Waals surface area contributed by atoms with Crippen molar-refractivity contribution in [3.05, 3.63) is 0 Å². The van der Waals surface area contributed by atoms with E-state index in [0.29, 0.717) is 0 Å². The number of carbonyl (C=O) groups is 2. The molecule has 0 rings (SSSR count). The molecule has 0 saturated heterocycles. The number of hydrogen-bond acceptors (Lipinski definition) is 3. The number of likely N-dealkylation sites (N-methyl/N-ethyl adjacent to an activating group) is 2. The third kappa shape index (κ3) is 4.47. The molecule has 5 nitrogen and oxygen atoms in total. The van der Waals surface area contributed by atoms with Crippen LogP contribution in [0.4, 0.5) is 0 Å². The van der Waals surface area contributed by atoms with Gasteiger partial charge in [0.1, 0.15) is 6.04 Å². The lowest BCUT2D eigenvalue weighted by atomic mass is 10.3. The van der Waals surface area contributed by atoms with Gasteiger partial charge in [-0.05, 0) is 14.0 Å². The summed E-state index contributed by atoms with van der Waals surface area (Å²) >= 11 is 0. The van der Waals surface area contributed by atoms with Gasteiger partial charge in [-0.3, -0.25) is 9.59 Å². The third-order valence-electron chi connectivity index (χ3n) is 1.53. The highest BCUT2D eigenvalue weighted by atomic mass is 16.2. The second-order valence-corrected chi connectivity index (χ2v) is 3.05.